The third-order valence-electron chi connectivity index (χ3n) is 3.04. The van der Waals surface area contributed by atoms with Crippen molar-refractivity contribution in [1.29, 1.82) is 0 Å². The molecule has 0 aliphatic carbocycles. The molecule has 0 saturated heterocycles. The first-order valence-corrected chi connectivity index (χ1v) is 7.89. The molecule has 0 aliphatic heterocycles. The predicted octanol–water partition coefficient (Wildman–Crippen LogP) is 2.34. The van der Waals surface area contributed by atoms with E-state index in [0.29, 0.717) is 26.4 Å². The van der Waals surface area contributed by atoms with Crippen LogP contribution in [0.15, 0.2) is 0 Å². The summed E-state index contributed by atoms with van der Waals surface area (Å²) < 4.78 is 20.0. The van der Waals surface area contributed by atoms with E-state index in [1.165, 1.54) is 0 Å². The highest BCUT2D eigenvalue weighted by molar-refractivity contribution is 5.73. The van der Waals surface area contributed by atoms with Gasteiger partial charge in [-0.15, -0.1) is 0 Å². The summed E-state index contributed by atoms with van der Waals surface area (Å²) >= 11 is 0. The van der Waals surface area contributed by atoms with Crippen LogP contribution in [0.25, 0.3) is 0 Å². The van der Waals surface area contributed by atoms with Gasteiger partial charge in [0.2, 0.25) is 0 Å². The molecule has 0 aliphatic rings. The van der Waals surface area contributed by atoms with Gasteiger partial charge >= 0.3 is 11.9 Å². The monoisotopic (exact) mass is 318 g/mol. The number of unbranched alkanes of at least 4 members (excludes halogenated alkanes) is 2. The zero-order valence-corrected chi connectivity index (χ0v) is 14.1. The lowest BCUT2D eigenvalue weighted by Gasteiger charge is -2.11. The Morgan fingerprint density at radius 1 is 0.727 bits per heavy atom. The number of carbonyl (C=O) groups is 2. The largest absolute Gasteiger partial charge is 0.466 e. The average molecular weight is 318 g/mol. The fourth-order valence-corrected chi connectivity index (χ4v) is 1.83. The van der Waals surface area contributed by atoms with Crippen LogP contribution in [-0.4, -0.2) is 52.6 Å². The van der Waals surface area contributed by atoms with Crippen LogP contribution in [0, 0.1) is 5.92 Å². The summed E-state index contributed by atoms with van der Waals surface area (Å²) in [6, 6.07) is 0. The normalized spacial score (nSPS) is 10.7. The van der Waals surface area contributed by atoms with Crippen molar-refractivity contribution in [2.45, 2.75) is 45.4 Å². The van der Waals surface area contributed by atoms with Crippen molar-refractivity contribution < 1.29 is 28.5 Å². The van der Waals surface area contributed by atoms with Crippen LogP contribution in [0.5, 0.6) is 0 Å². The summed E-state index contributed by atoms with van der Waals surface area (Å²) in [5.74, 6) is -0.603. The van der Waals surface area contributed by atoms with Crippen molar-refractivity contribution in [3.05, 3.63) is 0 Å². The summed E-state index contributed by atoms with van der Waals surface area (Å²) in [5.41, 5.74) is 0. The quantitative estimate of drug-likeness (QED) is 0.362. The fourth-order valence-electron chi connectivity index (χ4n) is 1.83. The number of carbonyl (C=O) groups excluding carboxylic acids is 2. The Morgan fingerprint density at radius 3 is 1.45 bits per heavy atom. The second kappa shape index (κ2) is 14.8. The van der Waals surface area contributed by atoms with Crippen molar-refractivity contribution in [2.24, 2.45) is 5.92 Å². The highest BCUT2D eigenvalue weighted by Gasteiger charge is 2.15. The fraction of sp³-hybridized carbons (Fsp3) is 0.875. The summed E-state index contributed by atoms with van der Waals surface area (Å²) in [4.78, 5) is 23.2. The molecule has 0 saturated carbocycles. The lowest BCUT2D eigenvalue weighted by atomic mass is 10.0. The summed E-state index contributed by atoms with van der Waals surface area (Å²) in [6.45, 7) is 3.99. The molecule has 6 nitrogen and oxygen atoms in total. The number of ether oxygens (including phenoxy) is 4. The number of methoxy groups -OCH3 is 2. The number of esters is 2. The number of hydrogen-bond donors (Lipinski definition) is 0. The molecular formula is C16H30O6. The van der Waals surface area contributed by atoms with E-state index in [1.807, 2.05) is 6.92 Å². The van der Waals surface area contributed by atoms with E-state index in [4.69, 9.17) is 18.9 Å². The minimum atomic E-state index is -0.266. The Labute approximate surface area is 133 Å². The third kappa shape index (κ3) is 13.8. The Hall–Kier alpha value is -1.14. The molecule has 0 fully saturated rings. The Morgan fingerprint density at radius 2 is 1.09 bits per heavy atom. The molecular weight excluding hydrogens is 288 g/mol. The molecule has 0 rings (SSSR count). The maximum absolute atomic E-state index is 11.6. The molecule has 130 valence electrons. The standard InChI is InChI=1S/C16H30O6/c1-14(12-15(17)21-10-6-4-8-19-2)13-16(18)22-11-7-5-9-20-3/h14H,4-13H2,1-3H3. The first kappa shape index (κ1) is 20.9. The minimum absolute atomic E-state index is 0.0713. The first-order valence-electron chi connectivity index (χ1n) is 7.89. The van der Waals surface area contributed by atoms with Gasteiger partial charge in [-0.05, 0) is 31.6 Å². The van der Waals surface area contributed by atoms with Crippen LogP contribution in [-0.2, 0) is 28.5 Å². The van der Waals surface area contributed by atoms with E-state index in [2.05, 4.69) is 0 Å². The molecule has 22 heavy (non-hydrogen) atoms. The van der Waals surface area contributed by atoms with Crippen molar-refractivity contribution in [3.63, 3.8) is 0 Å². The average Bonchev–Trinajstić information content (AvgIpc) is 2.46. The van der Waals surface area contributed by atoms with E-state index in [0.717, 1.165) is 25.7 Å². The molecule has 0 bridgehead atoms. The lowest BCUT2D eigenvalue weighted by molar-refractivity contribution is -0.147. The van der Waals surface area contributed by atoms with E-state index >= 15 is 0 Å². The molecule has 0 spiro atoms. The molecule has 0 N–H and O–H groups in total. The number of hydrogen-bond acceptors (Lipinski definition) is 6. The summed E-state index contributed by atoms with van der Waals surface area (Å²) in [6.07, 6.45) is 3.80. The molecule has 0 unspecified atom stereocenters. The smallest absolute Gasteiger partial charge is 0.306 e. The highest BCUT2D eigenvalue weighted by atomic mass is 16.5. The van der Waals surface area contributed by atoms with Crippen LogP contribution in [0.3, 0.4) is 0 Å². The molecule has 0 aromatic carbocycles. The van der Waals surface area contributed by atoms with Gasteiger partial charge in [0.15, 0.2) is 0 Å². The van der Waals surface area contributed by atoms with Gasteiger partial charge in [0.05, 0.1) is 13.2 Å². The van der Waals surface area contributed by atoms with E-state index in [-0.39, 0.29) is 30.7 Å². The molecule has 0 aromatic rings. The Kier molecular flexibility index (Phi) is 14.0. The molecule has 0 amide bonds. The van der Waals surface area contributed by atoms with Crippen LogP contribution >= 0.6 is 0 Å². The van der Waals surface area contributed by atoms with E-state index in [9.17, 15) is 9.59 Å². The molecule has 6 heteroatoms. The molecule has 0 radical (unpaired) electrons. The zero-order chi connectivity index (χ0) is 16.6. The molecule has 0 aromatic heterocycles. The maximum Gasteiger partial charge on any atom is 0.306 e. The maximum atomic E-state index is 11.6. The zero-order valence-electron chi connectivity index (χ0n) is 14.1. The van der Waals surface area contributed by atoms with Gasteiger partial charge in [0.1, 0.15) is 0 Å². The molecule has 0 atom stereocenters. The van der Waals surface area contributed by atoms with Crippen LogP contribution in [0.2, 0.25) is 0 Å². The highest BCUT2D eigenvalue weighted by Crippen LogP contribution is 2.10. The topological polar surface area (TPSA) is 71.1 Å². The summed E-state index contributed by atoms with van der Waals surface area (Å²) in [5, 5.41) is 0. The predicted molar refractivity (Wildman–Crippen MR) is 82.5 cm³/mol. The minimum Gasteiger partial charge on any atom is -0.466 e. The lowest BCUT2D eigenvalue weighted by Crippen LogP contribution is -2.15. The Balaban J connectivity index is 3.58. The van der Waals surface area contributed by atoms with Crippen molar-refractivity contribution >= 4 is 11.9 Å². The second-order valence-corrected chi connectivity index (χ2v) is 5.35. The van der Waals surface area contributed by atoms with Crippen molar-refractivity contribution in [1.82, 2.24) is 0 Å². The SMILES string of the molecule is COCCCCOC(=O)CC(C)CC(=O)OCCCCOC. The third-order valence-corrected chi connectivity index (χ3v) is 3.04. The van der Waals surface area contributed by atoms with Crippen LogP contribution in [0.1, 0.15) is 45.4 Å². The van der Waals surface area contributed by atoms with Gasteiger partial charge in [0, 0.05) is 40.3 Å². The van der Waals surface area contributed by atoms with E-state index in [1.54, 1.807) is 14.2 Å². The van der Waals surface area contributed by atoms with Gasteiger partial charge in [-0.3, -0.25) is 9.59 Å². The van der Waals surface area contributed by atoms with Gasteiger partial charge in [-0.2, -0.15) is 0 Å². The van der Waals surface area contributed by atoms with Gasteiger partial charge in [0.25, 0.3) is 0 Å². The first-order chi connectivity index (χ1) is 10.6. The summed E-state index contributed by atoms with van der Waals surface area (Å²) in [7, 11) is 3.29. The van der Waals surface area contributed by atoms with Gasteiger partial charge < -0.3 is 18.9 Å². The van der Waals surface area contributed by atoms with Gasteiger partial charge in [-0.1, -0.05) is 6.92 Å². The molecule has 0 heterocycles. The van der Waals surface area contributed by atoms with E-state index < -0.39 is 0 Å². The van der Waals surface area contributed by atoms with Crippen molar-refractivity contribution in [3.8, 4) is 0 Å². The van der Waals surface area contributed by atoms with Crippen LogP contribution in [0.4, 0.5) is 0 Å². The van der Waals surface area contributed by atoms with Crippen molar-refractivity contribution in [2.75, 3.05) is 40.6 Å². The number of rotatable bonds is 14. The Bertz CT molecular complexity index is 264. The van der Waals surface area contributed by atoms with Crippen LogP contribution < -0.4 is 0 Å². The van der Waals surface area contributed by atoms with Gasteiger partial charge in [-0.25, -0.2) is 0 Å². The second-order valence-electron chi connectivity index (χ2n) is 5.35.